The van der Waals surface area contributed by atoms with E-state index < -0.39 is 0 Å². The SMILES string of the molecule is CCC(N)C(Oc1ccc(CO)cc1OC)c1ccsc1. The van der Waals surface area contributed by atoms with E-state index in [1.165, 1.54) is 0 Å². The van der Waals surface area contributed by atoms with Crippen molar-refractivity contribution in [2.45, 2.75) is 32.1 Å². The Kier molecular flexibility index (Phi) is 5.61. The zero-order valence-corrected chi connectivity index (χ0v) is 13.1. The van der Waals surface area contributed by atoms with Crippen LogP contribution in [0.25, 0.3) is 0 Å². The topological polar surface area (TPSA) is 64.7 Å². The van der Waals surface area contributed by atoms with Gasteiger partial charge in [-0.1, -0.05) is 13.0 Å². The molecule has 2 atom stereocenters. The number of aliphatic hydroxyl groups excluding tert-OH is 1. The summed E-state index contributed by atoms with van der Waals surface area (Å²) in [4.78, 5) is 0. The molecule has 0 aliphatic carbocycles. The molecule has 2 aromatic rings. The minimum absolute atomic E-state index is 0.0287. The van der Waals surface area contributed by atoms with Gasteiger partial charge in [-0.2, -0.15) is 11.3 Å². The standard InChI is InChI=1S/C16H21NO3S/c1-3-13(17)16(12-6-7-21-10-12)20-14-5-4-11(9-18)8-15(14)19-2/h4-8,10,13,16,18H,3,9,17H2,1-2H3. The molecule has 1 aromatic heterocycles. The highest BCUT2D eigenvalue weighted by molar-refractivity contribution is 7.07. The summed E-state index contributed by atoms with van der Waals surface area (Å²) in [5.74, 6) is 1.24. The van der Waals surface area contributed by atoms with Crippen LogP contribution in [0.4, 0.5) is 0 Å². The summed E-state index contributed by atoms with van der Waals surface area (Å²) in [7, 11) is 1.59. The summed E-state index contributed by atoms with van der Waals surface area (Å²) in [5.41, 5.74) is 8.06. The first-order valence-electron chi connectivity index (χ1n) is 6.91. The van der Waals surface area contributed by atoms with Crippen molar-refractivity contribution < 1.29 is 14.6 Å². The monoisotopic (exact) mass is 307 g/mol. The van der Waals surface area contributed by atoms with E-state index in [4.69, 9.17) is 15.2 Å². The maximum absolute atomic E-state index is 9.19. The van der Waals surface area contributed by atoms with E-state index in [-0.39, 0.29) is 18.8 Å². The molecule has 0 aliphatic heterocycles. The van der Waals surface area contributed by atoms with Crippen LogP contribution in [0, 0.1) is 0 Å². The zero-order chi connectivity index (χ0) is 15.2. The number of rotatable bonds is 7. The van der Waals surface area contributed by atoms with Crippen molar-refractivity contribution in [2.75, 3.05) is 7.11 Å². The van der Waals surface area contributed by atoms with Crippen LogP contribution in [-0.4, -0.2) is 18.3 Å². The molecule has 0 spiro atoms. The largest absolute Gasteiger partial charge is 0.493 e. The van der Waals surface area contributed by atoms with Crippen LogP contribution in [0.2, 0.25) is 0 Å². The van der Waals surface area contributed by atoms with Crippen molar-refractivity contribution in [1.82, 2.24) is 0 Å². The molecule has 4 nitrogen and oxygen atoms in total. The smallest absolute Gasteiger partial charge is 0.162 e. The molecule has 5 heteroatoms. The molecule has 3 N–H and O–H groups in total. The number of hydrogen-bond acceptors (Lipinski definition) is 5. The Hall–Kier alpha value is -1.56. The molecule has 0 aliphatic rings. The Morgan fingerprint density at radius 2 is 2.10 bits per heavy atom. The van der Waals surface area contributed by atoms with E-state index in [2.05, 4.69) is 5.38 Å². The quantitative estimate of drug-likeness (QED) is 0.825. The molecule has 0 bridgehead atoms. The number of ether oxygens (including phenoxy) is 2. The van der Waals surface area contributed by atoms with Crippen LogP contribution >= 0.6 is 11.3 Å². The van der Waals surface area contributed by atoms with Gasteiger partial charge < -0.3 is 20.3 Å². The predicted octanol–water partition coefficient (Wildman–Crippen LogP) is 3.11. The number of hydrogen-bond donors (Lipinski definition) is 2. The van der Waals surface area contributed by atoms with Gasteiger partial charge in [-0.3, -0.25) is 0 Å². The first-order valence-corrected chi connectivity index (χ1v) is 7.86. The maximum atomic E-state index is 9.19. The van der Waals surface area contributed by atoms with Crippen LogP contribution in [-0.2, 0) is 6.61 Å². The van der Waals surface area contributed by atoms with Crippen molar-refractivity contribution in [3.63, 3.8) is 0 Å². The highest BCUT2D eigenvalue weighted by Crippen LogP contribution is 2.34. The van der Waals surface area contributed by atoms with Crippen molar-refractivity contribution in [3.05, 3.63) is 46.2 Å². The van der Waals surface area contributed by atoms with Gasteiger partial charge in [0.15, 0.2) is 11.5 Å². The van der Waals surface area contributed by atoms with E-state index in [0.29, 0.717) is 11.5 Å². The van der Waals surface area contributed by atoms with Crippen molar-refractivity contribution in [3.8, 4) is 11.5 Å². The van der Waals surface area contributed by atoms with Crippen molar-refractivity contribution in [1.29, 1.82) is 0 Å². The number of thiophene rings is 1. The number of benzene rings is 1. The van der Waals surface area contributed by atoms with E-state index >= 15 is 0 Å². The van der Waals surface area contributed by atoms with Gasteiger partial charge in [-0.15, -0.1) is 0 Å². The van der Waals surface area contributed by atoms with E-state index in [9.17, 15) is 5.11 Å². The van der Waals surface area contributed by atoms with Crippen LogP contribution in [0.5, 0.6) is 11.5 Å². The second-order valence-electron chi connectivity index (χ2n) is 4.81. The molecule has 2 rings (SSSR count). The van der Waals surface area contributed by atoms with Gasteiger partial charge in [-0.05, 0) is 40.9 Å². The lowest BCUT2D eigenvalue weighted by Gasteiger charge is -2.24. The van der Waals surface area contributed by atoms with Crippen LogP contribution < -0.4 is 15.2 Å². The van der Waals surface area contributed by atoms with Crippen LogP contribution in [0.1, 0.15) is 30.6 Å². The highest BCUT2D eigenvalue weighted by Gasteiger charge is 2.22. The summed E-state index contributed by atoms with van der Waals surface area (Å²) in [6, 6.07) is 7.34. The van der Waals surface area contributed by atoms with Crippen molar-refractivity contribution >= 4 is 11.3 Å². The minimum Gasteiger partial charge on any atom is -0.493 e. The first kappa shape index (κ1) is 15.8. The number of nitrogens with two attached hydrogens (primary N) is 1. The van der Waals surface area contributed by atoms with Gasteiger partial charge in [0.25, 0.3) is 0 Å². The van der Waals surface area contributed by atoms with Gasteiger partial charge in [0.2, 0.25) is 0 Å². The van der Waals surface area contributed by atoms with E-state index in [1.54, 1.807) is 24.5 Å². The molecule has 0 amide bonds. The summed E-state index contributed by atoms with van der Waals surface area (Å²) in [6.45, 7) is 2.01. The zero-order valence-electron chi connectivity index (χ0n) is 12.3. The van der Waals surface area contributed by atoms with Gasteiger partial charge in [0.1, 0.15) is 6.10 Å². The van der Waals surface area contributed by atoms with Gasteiger partial charge >= 0.3 is 0 Å². The second kappa shape index (κ2) is 7.45. The third-order valence-corrected chi connectivity index (χ3v) is 4.10. The third kappa shape index (κ3) is 3.75. The fourth-order valence-corrected chi connectivity index (χ4v) is 2.78. The van der Waals surface area contributed by atoms with Gasteiger partial charge in [0.05, 0.1) is 13.7 Å². The number of methoxy groups -OCH3 is 1. The van der Waals surface area contributed by atoms with E-state index in [1.807, 2.05) is 30.5 Å². The Labute approximate surface area is 129 Å². The lowest BCUT2D eigenvalue weighted by molar-refractivity contribution is 0.164. The fraction of sp³-hybridized carbons (Fsp3) is 0.375. The molecule has 1 aromatic carbocycles. The van der Waals surface area contributed by atoms with E-state index in [0.717, 1.165) is 17.5 Å². The number of aliphatic hydroxyl groups is 1. The minimum atomic E-state index is -0.213. The molecule has 2 unspecified atom stereocenters. The van der Waals surface area contributed by atoms with Crippen LogP contribution in [0.3, 0.4) is 0 Å². The summed E-state index contributed by atoms with van der Waals surface area (Å²) in [6.07, 6.45) is 0.604. The van der Waals surface area contributed by atoms with Crippen LogP contribution in [0.15, 0.2) is 35.0 Å². The summed E-state index contributed by atoms with van der Waals surface area (Å²) >= 11 is 1.62. The predicted molar refractivity (Wildman–Crippen MR) is 84.9 cm³/mol. The highest BCUT2D eigenvalue weighted by atomic mass is 32.1. The molecule has 0 saturated carbocycles. The third-order valence-electron chi connectivity index (χ3n) is 3.40. The molecular formula is C16H21NO3S. The summed E-state index contributed by atoms with van der Waals surface area (Å²) in [5, 5.41) is 13.3. The molecule has 1 heterocycles. The molecular weight excluding hydrogens is 286 g/mol. The lowest BCUT2D eigenvalue weighted by Crippen LogP contribution is -2.31. The average molecular weight is 307 g/mol. The van der Waals surface area contributed by atoms with Crippen molar-refractivity contribution in [2.24, 2.45) is 5.73 Å². The Morgan fingerprint density at radius 1 is 1.29 bits per heavy atom. The van der Waals surface area contributed by atoms with Gasteiger partial charge in [-0.25, -0.2) is 0 Å². The molecule has 0 radical (unpaired) electrons. The summed E-state index contributed by atoms with van der Waals surface area (Å²) < 4.78 is 11.5. The molecule has 21 heavy (non-hydrogen) atoms. The second-order valence-corrected chi connectivity index (χ2v) is 5.59. The Morgan fingerprint density at radius 3 is 2.67 bits per heavy atom. The Bertz CT molecular complexity index is 557. The average Bonchev–Trinajstić information content (AvgIpc) is 3.05. The van der Waals surface area contributed by atoms with Gasteiger partial charge in [0, 0.05) is 11.6 Å². The molecule has 114 valence electrons. The normalized spacial score (nSPS) is 13.7. The fourth-order valence-electron chi connectivity index (χ4n) is 2.10. The molecule has 0 fully saturated rings. The lowest BCUT2D eigenvalue weighted by atomic mass is 10.0. The maximum Gasteiger partial charge on any atom is 0.162 e. The Balaban J connectivity index is 2.28. The first-order chi connectivity index (χ1) is 10.2. The molecule has 0 saturated heterocycles.